The molecule has 1 fully saturated rings. The molecule has 10 heteroatoms. The van der Waals surface area contributed by atoms with Crippen LogP contribution in [0.15, 0.2) is 41.3 Å². The Hall–Kier alpha value is -2.56. The number of piperidine rings is 1. The number of halogens is 2. The molecule has 0 saturated carbocycles. The minimum absolute atomic E-state index is 0.0693. The van der Waals surface area contributed by atoms with Crippen molar-refractivity contribution in [1.29, 1.82) is 0 Å². The van der Waals surface area contributed by atoms with E-state index < -0.39 is 21.7 Å². The SMILES string of the molecule is CNS(=O)(=O)c1cc(C(=O)NC2CCN(Cc3ccc(F)c(F)c3)CC2)ccc1OC. The van der Waals surface area contributed by atoms with Crippen molar-refractivity contribution in [3.8, 4) is 5.75 Å². The minimum atomic E-state index is -3.78. The van der Waals surface area contributed by atoms with Crippen LogP contribution in [-0.2, 0) is 16.6 Å². The number of rotatable bonds is 7. The van der Waals surface area contributed by atoms with Gasteiger partial charge in [0.05, 0.1) is 7.11 Å². The largest absolute Gasteiger partial charge is 0.495 e. The van der Waals surface area contributed by atoms with E-state index in [4.69, 9.17) is 4.74 Å². The summed E-state index contributed by atoms with van der Waals surface area (Å²) in [6.45, 7) is 1.87. The number of ether oxygens (including phenoxy) is 1. The number of sulfonamides is 1. The topological polar surface area (TPSA) is 87.7 Å². The van der Waals surface area contributed by atoms with Gasteiger partial charge in [0.1, 0.15) is 10.6 Å². The Kier molecular flexibility index (Phi) is 7.24. The van der Waals surface area contributed by atoms with E-state index in [9.17, 15) is 22.0 Å². The molecule has 3 rings (SSSR count). The first-order valence-corrected chi connectivity index (χ1v) is 11.3. The van der Waals surface area contributed by atoms with Crippen LogP contribution in [-0.4, -0.2) is 52.5 Å². The quantitative estimate of drug-likeness (QED) is 0.672. The van der Waals surface area contributed by atoms with Crippen molar-refractivity contribution in [1.82, 2.24) is 14.9 Å². The number of carbonyl (C=O) groups excluding carboxylic acids is 1. The summed E-state index contributed by atoms with van der Waals surface area (Å²) < 4.78 is 58.2. The molecule has 0 spiro atoms. The van der Waals surface area contributed by atoms with E-state index in [1.165, 1.54) is 38.4 Å². The average Bonchev–Trinajstić information content (AvgIpc) is 2.77. The first kappa shape index (κ1) is 23.1. The van der Waals surface area contributed by atoms with Gasteiger partial charge in [-0.3, -0.25) is 9.69 Å². The maximum Gasteiger partial charge on any atom is 0.251 e. The number of benzene rings is 2. The summed E-state index contributed by atoms with van der Waals surface area (Å²) in [5, 5.41) is 2.94. The lowest BCUT2D eigenvalue weighted by Gasteiger charge is -2.32. The normalized spacial score (nSPS) is 15.6. The van der Waals surface area contributed by atoms with Gasteiger partial charge in [-0.15, -0.1) is 0 Å². The molecule has 1 aliphatic rings. The van der Waals surface area contributed by atoms with E-state index in [0.29, 0.717) is 38.0 Å². The molecule has 2 aromatic rings. The maximum atomic E-state index is 13.4. The van der Waals surface area contributed by atoms with Crippen LogP contribution in [0.3, 0.4) is 0 Å². The van der Waals surface area contributed by atoms with Crippen molar-refractivity contribution in [2.24, 2.45) is 0 Å². The van der Waals surface area contributed by atoms with Gasteiger partial charge in [-0.1, -0.05) is 6.07 Å². The van der Waals surface area contributed by atoms with Crippen LogP contribution in [0.1, 0.15) is 28.8 Å². The van der Waals surface area contributed by atoms with E-state index in [1.54, 1.807) is 6.07 Å². The molecule has 1 amide bonds. The zero-order valence-electron chi connectivity index (χ0n) is 17.3. The molecule has 31 heavy (non-hydrogen) atoms. The van der Waals surface area contributed by atoms with Crippen LogP contribution in [0, 0.1) is 11.6 Å². The third kappa shape index (κ3) is 5.57. The van der Waals surface area contributed by atoms with Crippen LogP contribution in [0.4, 0.5) is 8.78 Å². The molecule has 7 nitrogen and oxygen atoms in total. The Morgan fingerprint density at radius 1 is 1.13 bits per heavy atom. The Morgan fingerprint density at radius 3 is 2.45 bits per heavy atom. The molecule has 0 aromatic heterocycles. The summed E-state index contributed by atoms with van der Waals surface area (Å²) >= 11 is 0. The molecule has 0 aliphatic carbocycles. The smallest absolute Gasteiger partial charge is 0.251 e. The second kappa shape index (κ2) is 9.71. The highest BCUT2D eigenvalue weighted by Gasteiger charge is 2.24. The highest BCUT2D eigenvalue weighted by molar-refractivity contribution is 7.89. The average molecular weight is 454 g/mol. The van der Waals surface area contributed by atoms with E-state index in [1.807, 2.05) is 0 Å². The van der Waals surface area contributed by atoms with Crippen molar-refractivity contribution in [3.63, 3.8) is 0 Å². The fourth-order valence-corrected chi connectivity index (χ4v) is 4.46. The van der Waals surface area contributed by atoms with Gasteiger partial charge < -0.3 is 10.1 Å². The Balaban J connectivity index is 1.60. The van der Waals surface area contributed by atoms with Gasteiger partial charge in [0, 0.05) is 31.2 Å². The predicted octanol–water partition coefficient (Wildman–Crippen LogP) is 2.28. The molecule has 2 N–H and O–H groups in total. The van der Waals surface area contributed by atoms with Crippen molar-refractivity contribution < 1.29 is 26.7 Å². The minimum Gasteiger partial charge on any atom is -0.495 e. The lowest BCUT2D eigenvalue weighted by Crippen LogP contribution is -2.44. The summed E-state index contributed by atoms with van der Waals surface area (Å²) in [6, 6.07) is 8.06. The van der Waals surface area contributed by atoms with E-state index in [-0.39, 0.29) is 28.2 Å². The fourth-order valence-electron chi connectivity index (χ4n) is 3.54. The van der Waals surface area contributed by atoms with Crippen molar-refractivity contribution in [3.05, 3.63) is 59.2 Å². The van der Waals surface area contributed by atoms with Crippen LogP contribution < -0.4 is 14.8 Å². The Labute approximate surface area is 180 Å². The number of hydrogen-bond donors (Lipinski definition) is 2. The van der Waals surface area contributed by atoms with E-state index >= 15 is 0 Å². The summed E-state index contributed by atoms with van der Waals surface area (Å²) in [7, 11) is -1.14. The lowest BCUT2D eigenvalue weighted by atomic mass is 10.0. The lowest BCUT2D eigenvalue weighted by molar-refractivity contribution is 0.0908. The van der Waals surface area contributed by atoms with Crippen molar-refractivity contribution in [2.75, 3.05) is 27.2 Å². The highest BCUT2D eigenvalue weighted by Crippen LogP contribution is 2.25. The van der Waals surface area contributed by atoms with Gasteiger partial charge in [0.25, 0.3) is 5.91 Å². The van der Waals surface area contributed by atoms with E-state index in [2.05, 4.69) is 14.9 Å². The molecule has 2 aromatic carbocycles. The molecule has 1 heterocycles. The van der Waals surface area contributed by atoms with Gasteiger partial charge in [-0.05, 0) is 55.8 Å². The summed E-state index contributed by atoms with van der Waals surface area (Å²) in [4.78, 5) is 14.7. The number of nitrogens with one attached hydrogen (secondary N) is 2. The summed E-state index contributed by atoms with van der Waals surface area (Å²) in [5.41, 5.74) is 0.914. The first-order valence-electron chi connectivity index (χ1n) is 9.82. The zero-order chi connectivity index (χ0) is 22.6. The molecular weight excluding hydrogens is 428 g/mol. The number of hydrogen-bond acceptors (Lipinski definition) is 5. The monoisotopic (exact) mass is 453 g/mol. The molecule has 1 aliphatic heterocycles. The number of amides is 1. The third-order valence-electron chi connectivity index (χ3n) is 5.30. The van der Waals surface area contributed by atoms with Crippen LogP contribution in [0.25, 0.3) is 0 Å². The third-order valence-corrected chi connectivity index (χ3v) is 6.73. The Bertz CT molecular complexity index is 1050. The highest BCUT2D eigenvalue weighted by atomic mass is 32.2. The molecule has 0 radical (unpaired) electrons. The Morgan fingerprint density at radius 2 is 1.84 bits per heavy atom. The number of carbonyl (C=O) groups is 1. The number of methoxy groups -OCH3 is 1. The zero-order valence-corrected chi connectivity index (χ0v) is 18.1. The van der Waals surface area contributed by atoms with Crippen molar-refractivity contribution >= 4 is 15.9 Å². The van der Waals surface area contributed by atoms with Gasteiger partial charge in [-0.25, -0.2) is 21.9 Å². The molecule has 168 valence electrons. The molecule has 0 atom stereocenters. The molecular formula is C21H25F2N3O4S. The second-order valence-electron chi connectivity index (χ2n) is 7.35. The molecule has 0 bridgehead atoms. The molecule has 0 unspecified atom stereocenters. The van der Waals surface area contributed by atoms with Gasteiger partial charge in [0.15, 0.2) is 11.6 Å². The fraction of sp³-hybridized carbons (Fsp3) is 0.381. The van der Waals surface area contributed by atoms with E-state index in [0.717, 1.165) is 6.07 Å². The van der Waals surface area contributed by atoms with Crippen molar-refractivity contribution in [2.45, 2.75) is 30.3 Å². The molecule has 1 saturated heterocycles. The first-order chi connectivity index (χ1) is 14.7. The summed E-state index contributed by atoms with van der Waals surface area (Å²) in [5.74, 6) is -1.95. The van der Waals surface area contributed by atoms with Crippen LogP contribution in [0.2, 0.25) is 0 Å². The number of nitrogens with zero attached hydrogens (tertiary/aromatic N) is 1. The summed E-state index contributed by atoms with van der Waals surface area (Å²) in [6.07, 6.45) is 1.38. The number of likely N-dealkylation sites (tertiary alicyclic amines) is 1. The standard InChI is InChI=1S/C21H25F2N3O4S/c1-24-31(28,29)20-12-15(4-6-19(20)30-2)21(27)25-16-7-9-26(10-8-16)13-14-3-5-17(22)18(23)11-14/h3-6,11-12,16,24H,7-10,13H2,1-2H3,(H,25,27). The maximum absolute atomic E-state index is 13.4. The van der Waals surface area contributed by atoms with Crippen LogP contribution >= 0.6 is 0 Å². The van der Waals surface area contributed by atoms with Gasteiger partial charge in [0.2, 0.25) is 10.0 Å². The predicted molar refractivity (Wildman–Crippen MR) is 111 cm³/mol. The second-order valence-corrected chi connectivity index (χ2v) is 9.20. The van der Waals surface area contributed by atoms with Gasteiger partial charge >= 0.3 is 0 Å². The van der Waals surface area contributed by atoms with Crippen LogP contribution in [0.5, 0.6) is 5.75 Å². The van der Waals surface area contributed by atoms with Gasteiger partial charge in [-0.2, -0.15) is 0 Å².